The molecule has 6 heteroatoms. The quantitative estimate of drug-likeness (QED) is 0.0500. The highest BCUT2D eigenvalue weighted by Crippen LogP contribution is 2.21. The van der Waals surface area contributed by atoms with Crippen molar-refractivity contribution in [3.05, 3.63) is 0 Å². The second-order valence-electron chi connectivity index (χ2n) is 15.5. The summed E-state index contributed by atoms with van der Waals surface area (Å²) in [4.78, 5) is 27.6. The fourth-order valence-corrected chi connectivity index (χ4v) is 7.04. The highest BCUT2D eigenvalue weighted by atomic mass is 16.5. The van der Waals surface area contributed by atoms with Gasteiger partial charge < -0.3 is 19.7 Å². The maximum absolute atomic E-state index is 13.0. The van der Waals surface area contributed by atoms with Gasteiger partial charge in [-0.2, -0.15) is 0 Å². The molecule has 0 aromatic rings. The molecule has 0 fully saturated rings. The lowest BCUT2D eigenvalue weighted by atomic mass is 9.94. The van der Waals surface area contributed by atoms with Crippen LogP contribution in [0.5, 0.6) is 0 Å². The second kappa shape index (κ2) is 41.6. The third-order valence-corrected chi connectivity index (χ3v) is 10.6. The number of likely N-dealkylation sites (N-methyl/N-ethyl adjacent to an activating group) is 1. The van der Waals surface area contributed by atoms with Gasteiger partial charge in [0.25, 0.3) is 0 Å². The van der Waals surface area contributed by atoms with E-state index in [1.165, 1.54) is 161 Å². The molecule has 0 aromatic heterocycles. The summed E-state index contributed by atoms with van der Waals surface area (Å²) in [5.41, 5.74) is 0. The molecular formula is C45H90N2O4. The van der Waals surface area contributed by atoms with Gasteiger partial charge in [0.1, 0.15) is 0 Å². The van der Waals surface area contributed by atoms with E-state index in [1.54, 1.807) is 0 Å². The van der Waals surface area contributed by atoms with Crippen molar-refractivity contribution in [3.63, 3.8) is 0 Å². The number of unbranched alkanes of at least 4 members (excludes halogenated alkanes) is 24. The molecule has 0 spiro atoms. The second-order valence-corrected chi connectivity index (χ2v) is 15.5. The average molecular weight is 723 g/mol. The van der Waals surface area contributed by atoms with Crippen LogP contribution >= 0.6 is 0 Å². The Balaban J connectivity index is 4.02. The smallest absolute Gasteiger partial charge is 0.308 e. The van der Waals surface area contributed by atoms with Crippen LogP contribution in [0.2, 0.25) is 0 Å². The Morgan fingerprint density at radius 2 is 0.863 bits per heavy atom. The summed E-state index contributed by atoms with van der Waals surface area (Å²) < 4.78 is 11.3. The average Bonchev–Trinajstić information content (AvgIpc) is 3.13. The number of hydrogen-bond donors (Lipinski definition) is 1. The topological polar surface area (TPSA) is 67.9 Å². The summed E-state index contributed by atoms with van der Waals surface area (Å²) in [6.45, 7) is 12.4. The van der Waals surface area contributed by atoms with E-state index in [0.717, 1.165) is 64.6 Å². The van der Waals surface area contributed by atoms with E-state index in [9.17, 15) is 9.59 Å². The molecule has 0 atom stereocenters. The van der Waals surface area contributed by atoms with E-state index in [2.05, 4.69) is 31.0 Å². The Morgan fingerprint density at radius 3 is 1.33 bits per heavy atom. The van der Waals surface area contributed by atoms with Gasteiger partial charge in [-0.05, 0) is 65.1 Å². The van der Waals surface area contributed by atoms with Gasteiger partial charge in [-0.15, -0.1) is 0 Å². The van der Waals surface area contributed by atoms with E-state index in [-0.39, 0.29) is 17.9 Å². The molecule has 0 aliphatic carbocycles. The number of esters is 2. The first-order valence-corrected chi connectivity index (χ1v) is 22.8. The molecule has 0 unspecified atom stereocenters. The van der Waals surface area contributed by atoms with E-state index < -0.39 is 0 Å². The van der Waals surface area contributed by atoms with Crippen molar-refractivity contribution in [2.24, 2.45) is 5.92 Å². The Kier molecular flexibility index (Phi) is 40.7. The van der Waals surface area contributed by atoms with Crippen molar-refractivity contribution in [2.75, 3.05) is 46.4 Å². The molecular weight excluding hydrogens is 633 g/mol. The van der Waals surface area contributed by atoms with Crippen LogP contribution in [0, 0.1) is 5.92 Å². The van der Waals surface area contributed by atoms with Gasteiger partial charge in [-0.25, -0.2) is 0 Å². The van der Waals surface area contributed by atoms with Crippen LogP contribution in [0.3, 0.4) is 0 Å². The van der Waals surface area contributed by atoms with Crippen LogP contribution < -0.4 is 5.32 Å². The van der Waals surface area contributed by atoms with Crippen LogP contribution in [0.4, 0.5) is 0 Å². The highest BCUT2D eigenvalue weighted by Gasteiger charge is 2.19. The van der Waals surface area contributed by atoms with Crippen molar-refractivity contribution in [1.29, 1.82) is 0 Å². The van der Waals surface area contributed by atoms with E-state index >= 15 is 0 Å². The molecule has 0 aliphatic rings. The molecule has 1 N–H and O–H groups in total. The zero-order valence-corrected chi connectivity index (χ0v) is 35.0. The summed E-state index contributed by atoms with van der Waals surface area (Å²) in [6.07, 6.45) is 38.3. The number of carbonyl (C=O) groups is 2. The molecule has 0 rings (SSSR count). The molecule has 0 aliphatic heterocycles. The summed E-state index contributed by atoms with van der Waals surface area (Å²) in [7, 11) is 2.04. The third kappa shape index (κ3) is 37.0. The maximum atomic E-state index is 13.0. The lowest BCUT2D eigenvalue weighted by molar-refractivity contribution is -0.149. The van der Waals surface area contributed by atoms with Gasteiger partial charge in [-0.1, -0.05) is 175 Å². The Labute approximate surface area is 319 Å². The van der Waals surface area contributed by atoms with Crippen molar-refractivity contribution in [2.45, 2.75) is 226 Å². The molecule has 6 nitrogen and oxygen atoms in total. The van der Waals surface area contributed by atoms with E-state index in [0.29, 0.717) is 19.6 Å². The molecule has 0 saturated heterocycles. The Morgan fingerprint density at radius 1 is 0.471 bits per heavy atom. The van der Waals surface area contributed by atoms with Crippen LogP contribution in [0.1, 0.15) is 226 Å². The molecule has 0 bridgehead atoms. The highest BCUT2D eigenvalue weighted by molar-refractivity contribution is 5.72. The molecule has 0 saturated carbocycles. The minimum atomic E-state index is -0.00789. The van der Waals surface area contributed by atoms with Gasteiger partial charge in [-0.3, -0.25) is 9.59 Å². The lowest BCUT2D eigenvalue weighted by Crippen LogP contribution is -2.32. The summed E-state index contributed by atoms with van der Waals surface area (Å²) in [5.74, 6) is 0.180. The Hall–Kier alpha value is -1.14. The SMILES string of the molecule is CCCCCCCCCOC(=O)CCCCCCCN(CCCCCCCOC(=O)C(CCCCCCCC)CCCCCCCC)CCNC. The first kappa shape index (κ1) is 49.9. The number of rotatable bonds is 42. The van der Waals surface area contributed by atoms with Crippen molar-refractivity contribution < 1.29 is 19.1 Å². The van der Waals surface area contributed by atoms with Gasteiger partial charge in [0.15, 0.2) is 0 Å². The first-order valence-electron chi connectivity index (χ1n) is 22.8. The zero-order chi connectivity index (χ0) is 37.3. The normalized spacial score (nSPS) is 11.6. The standard InChI is InChI=1S/C45H90N2O4/c1-5-8-11-14-17-25-32-41-50-44(48)36-29-22-18-23-30-38-47(40-37-46-4)39-31-24-19-26-33-42-51-45(49)43(34-27-20-15-12-9-6-2)35-28-21-16-13-10-7-3/h43,46H,5-42H2,1-4H3. The molecule has 0 amide bonds. The summed E-state index contributed by atoms with van der Waals surface area (Å²) >= 11 is 0. The fourth-order valence-electron chi connectivity index (χ4n) is 7.04. The first-order chi connectivity index (χ1) is 25.1. The van der Waals surface area contributed by atoms with Crippen LogP contribution in [0.25, 0.3) is 0 Å². The number of nitrogens with zero attached hydrogens (tertiary/aromatic N) is 1. The lowest BCUT2D eigenvalue weighted by Gasteiger charge is -2.22. The molecule has 0 radical (unpaired) electrons. The number of hydrogen-bond acceptors (Lipinski definition) is 6. The Bertz CT molecular complexity index is 702. The van der Waals surface area contributed by atoms with Crippen molar-refractivity contribution in [3.8, 4) is 0 Å². The zero-order valence-electron chi connectivity index (χ0n) is 35.0. The fraction of sp³-hybridized carbons (Fsp3) is 0.956. The van der Waals surface area contributed by atoms with Gasteiger partial charge >= 0.3 is 11.9 Å². The van der Waals surface area contributed by atoms with Crippen LogP contribution in [-0.4, -0.2) is 63.3 Å². The summed E-state index contributed by atoms with van der Waals surface area (Å²) in [6, 6.07) is 0. The predicted molar refractivity (Wildman–Crippen MR) is 221 cm³/mol. The molecule has 304 valence electrons. The van der Waals surface area contributed by atoms with Crippen molar-refractivity contribution in [1.82, 2.24) is 10.2 Å². The van der Waals surface area contributed by atoms with E-state index in [4.69, 9.17) is 9.47 Å². The summed E-state index contributed by atoms with van der Waals surface area (Å²) in [5, 5.41) is 3.32. The number of ether oxygens (including phenoxy) is 2. The largest absolute Gasteiger partial charge is 0.466 e. The van der Waals surface area contributed by atoms with E-state index in [1.807, 2.05) is 7.05 Å². The monoisotopic (exact) mass is 723 g/mol. The minimum Gasteiger partial charge on any atom is -0.466 e. The van der Waals surface area contributed by atoms with Gasteiger partial charge in [0.2, 0.25) is 0 Å². The molecule has 0 heterocycles. The van der Waals surface area contributed by atoms with Crippen LogP contribution in [0.15, 0.2) is 0 Å². The van der Waals surface area contributed by atoms with Crippen LogP contribution in [-0.2, 0) is 19.1 Å². The van der Waals surface area contributed by atoms with Gasteiger partial charge in [0, 0.05) is 19.5 Å². The predicted octanol–water partition coefficient (Wildman–Crippen LogP) is 12.8. The molecule has 0 aromatic carbocycles. The number of carbonyl (C=O) groups excluding carboxylic acids is 2. The van der Waals surface area contributed by atoms with Gasteiger partial charge in [0.05, 0.1) is 19.1 Å². The number of nitrogens with one attached hydrogen (secondary N) is 1. The minimum absolute atomic E-state index is 0.00789. The van der Waals surface area contributed by atoms with Crippen molar-refractivity contribution >= 4 is 11.9 Å². The third-order valence-electron chi connectivity index (χ3n) is 10.6. The molecule has 51 heavy (non-hydrogen) atoms. The maximum Gasteiger partial charge on any atom is 0.308 e.